The maximum Gasteiger partial charge on any atom is 0.240 e. The van der Waals surface area contributed by atoms with E-state index < -0.39 is 0 Å². The van der Waals surface area contributed by atoms with Crippen LogP contribution in [0.5, 0.6) is 5.75 Å². The van der Waals surface area contributed by atoms with Crippen LogP contribution < -0.4 is 10.1 Å². The van der Waals surface area contributed by atoms with Crippen LogP contribution in [0, 0.1) is 6.92 Å². The third-order valence-corrected chi connectivity index (χ3v) is 5.05. The molecular weight excluding hydrogens is 322 g/mol. The van der Waals surface area contributed by atoms with E-state index in [0.29, 0.717) is 11.7 Å². The first-order chi connectivity index (χ1) is 11.5. The van der Waals surface area contributed by atoms with Gasteiger partial charge in [0.05, 0.1) is 19.3 Å². The molecule has 0 fully saturated rings. The molecule has 1 aromatic heterocycles. The number of benzene rings is 1. The van der Waals surface area contributed by atoms with Crippen molar-refractivity contribution in [1.82, 2.24) is 9.88 Å². The van der Waals surface area contributed by atoms with Gasteiger partial charge in [-0.15, -0.1) is 11.3 Å². The number of likely N-dealkylation sites (N-methyl/N-ethyl adjacent to an activating group) is 1. The molecule has 0 bridgehead atoms. The molecule has 0 saturated heterocycles. The van der Waals surface area contributed by atoms with Crippen LogP contribution in [-0.4, -0.2) is 36.5 Å². The quantitative estimate of drug-likeness (QED) is 0.830. The van der Waals surface area contributed by atoms with Gasteiger partial charge in [0.1, 0.15) is 5.75 Å². The summed E-state index contributed by atoms with van der Waals surface area (Å²) in [5.74, 6) is 0.774. The minimum Gasteiger partial charge on any atom is -0.496 e. The smallest absolute Gasteiger partial charge is 0.240 e. The summed E-state index contributed by atoms with van der Waals surface area (Å²) in [7, 11) is 3.59. The fourth-order valence-corrected chi connectivity index (χ4v) is 3.50. The number of methoxy groups -OCH3 is 1. The molecule has 1 N–H and O–H groups in total. The standard InChI is InChI=1S/C18H25N3O2S/c1-6-15-13(3)24-18(19-15)20-17(22)11-21(4)12(2)14-9-7-8-10-16(14)23-5/h7-10,12H,6,11H2,1-5H3,(H,19,20,22)/t12-/m1/s1. The molecular formula is C18H25N3O2S. The minimum absolute atomic E-state index is 0.0596. The van der Waals surface area contributed by atoms with E-state index in [1.807, 2.05) is 43.1 Å². The van der Waals surface area contributed by atoms with Crippen LogP contribution in [0.25, 0.3) is 0 Å². The fourth-order valence-electron chi connectivity index (χ4n) is 2.58. The Hall–Kier alpha value is -1.92. The van der Waals surface area contributed by atoms with Gasteiger partial charge in [-0.1, -0.05) is 25.1 Å². The Morgan fingerprint density at radius 2 is 2.12 bits per heavy atom. The number of aromatic nitrogens is 1. The monoisotopic (exact) mass is 347 g/mol. The molecule has 0 unspecified atom stereocenters. The summed E-state index contributed by atoms with van der Waals surface area (Å²) < 4.78 is 5.41. The summed E-state index contributed by atoms with van der Waals surface area (Å²) in [6.45, 7) is 6.45. The van der Waals surface area contributed by atoms with E-state index in [1.54, 1.807) is 7.11 Å². The zero-order valence-electron chi connectivity index (χ0n) is 14.9. The lowest BCUT2D eigenvalue weighted by molar-refractivity contribution is -0.117. The first-order valence-electron chi connectivity index (χ1n) is 8.05. The van der Waals surface area contributed by atoms with E-state index in [9.17, 15) is 4.79 Å². The van der Waals surface area contributed by atoms with Crippen molar-refractivity contribution in [1.29, 1.82) is 0 Å². The van der Waals surface area contributed by atoms with Crippen molar-refractivity contribution in [2.45, 2.75) is 33.2 Å². The van der Waals surface area contributed by atoms with E-state index in [-0.39, 0.29) is 11.9 Å². The van der Waals surface area contributed by atoms with Crippen molar-refractivity contribution in [2.75, 3.05) is 26.0 Å². The van der Waals surface area contributed by atoms with Gasteiger partial charge in [0, 0.05) is 16.5 Å². The highest BCUT2D eigenvalue weighted by Crippen LogP contribution is 2.28. The average molecular weight is 347 g/mol. The van der Waals surface area contributed by atoms with E-state index >= 15 is 0 Å². The molecule has 24 heavy (non-hydrogen) atoms. The van der Waals surface area contributed by atoms with Gasteiger partial charge in [-0.25, -0.2) is 4.98 Å². The Morgan fingerprint density at radius 1 is 1.42 bits per heavy atom. The van der Waals surface area contributed by atoms with Gasteiger partial charge < -0.3 is 10.1 Å². The highest BCUT2D eigenvalue weighted by atomic mass is 32.1. The molecule has 130 valence electrons. The minimum atomic E-state index is -0.0596. The highest BCUT2D eigenvalue weighted by molar-refractivity contribution is 7.15. The van der Waals surface area contributed by atoms with Crippen LogP contribution in [-0.2, 0) is 11.2 Å². The summed E-state index contributed by atoms with van der Waals surface area (Å²) in [4.78, 5) is 19.9. The zero-order valence-corrected chi connectivity index (χ0v) is 15.7. The molecule has 1 heterocycles. The van der Waals surface area contributed by atoms with Gasteiger partial charge in [0.15, 0.2) is 5.13 Å². The molecule has 1 aromatic carbocycles. The molecule has 2 aromatic rings. The summed E-state index contributed by atoms with van der Waals surface area (Å²) in [6, 6.07) is 7.95. The van der Waals surface area contributed by atoms with Crippen molar-refractivity contribution in [3.05, 3.63) is 40.4 Å². The van der Waals surface area contributed by atoms with Gasteiger partial charge in [-0.05, 0) is 33.4 Å². The van der Waals surface area contributed by atoms with Gasteiger partial charge in [0.25, 0.3) is 0 Å². The van der Waals surface area contributed by atoms with Crippen molar-refractivity contribution in [3.63, 3.8) is 0 Å². The molecule has 1 atom stereocenters. The molecule has 2 rings (SSSR count). The van der Waals surface area contributed by atoms with E-state index in [0.717, 1.165) is 28.3 Å². The van der Waals surface area contributed by atoms with Crippen molar-refractivity contribution in [2.24, 2.45) is 0 Å². The number of nitrogens with zero attached hydrogens (tertiary/aromatic N) is 2. The molecule has 1 amide bonds. The highest BCUT2D eigenvalue weighted by Gasteiger charge is 2.18. The first-order valence-corrected chi connectivity index (χ1v) is 8.87. The lowest BCUT2D eigenvalue weighted by Crippen LogP contribution is -2.32. The predicted molar refractivity (Wildman–Crippen MR) is 98.9 cm³/mol. The maximum absolute atomic E-state index is 12.3. The topological polar surface area (TPSA) is 54.5 Å². The molecule has 0 spiro atoms. The van der Waals surface area contributed by atoms with Gasteiger partial charge in [0.2, 0.25) is 5.91 Å². The molecule has 6 heteroatoms. The molecule has 0 aliphatic heterocycles. The summed E-state index contributed by atoms with van der Waals surface area (Å²) in [5.41, 5.74) is 2.11. The van der Waals surface area contributed by atoms with Gasteiger partial charge >= 0.3 is 0 Å². The second-order valence-corrected chi connectivity index (χ2v) is 6.96. The molecule has 5 nitrogen and oxygen atoms in total. The van der Waals surface area contributed by atoms with Crippen LogP contribution >= 0.6 is 11.3 Å². The van der Waals surface area contributed by atoms with Crippen molar-refractivity contribution in [3.8, 4) is 5.75 Å². The average Bonchev–Trinajstić information content (AvgIpc) is 2.93. The number of ether oxygens (including phenoxy) is 1. The van der Waals surface area contributed by atoms with Crippen LogP contribution in [0.3, 0.4) is 0 Å². The number of aryl methyl sites for hydroxylation is 2. The lowest BCUT2D eigenvalue weighted by atomic mass is 10.1. The SMILES string of the molecule is CCc1nc(NC(=O)CN(C)[C@H](C)c2ccccc2OC)sc1C. The Balaban J connectivity index is 2.00. The number of carbonyl (C=O) groups is 1. The summed E-state index contributed by atoms with van der Waals surface area (Å²) >= 11 is 1.52. The summed E-state index contributed by atoms with van der Waals surface area (Å²) in [6.07, 6.45) is 0.878. The molecule has 0 aliphatic rings. The van der Waals surface area contributed by atoms with Crippen LogP contribution in [0.4, 0.5) is 5.13 Å². The Bertz CT molecular complexity index is 699. The van der Waals surface area contributed by atoms with Crippen molar-refractivity contribution < 1.29 is 9.53 Å². The second kappa shape index (κ2) is 8.26. The van der Waals surface area contributed by atoms with E-state index in [4.69, 9.17) is 4.74 Å². The fraction of sp³-hybridized carbons (Fsp3) is 0.444. The number of thiazole rings is 1. The number of hydrogen-bond acceptors (Lipinski definition) is 5. The Kier molecular flexibility index (Phi) is 6.34. The maximum atomic E-state index is 12.3. The third-order valence-electron chi connectivity index (χ3n) is 4.12. The Labute approximate surface area is 147 Å². The van der Waals surface area contributed by atoms with Gasteiger partial charge in [-0.2, -0.15) is 0 Å². The normalized spacial score (nSPS) is 12.2. The van der Waals surface area contributed by atoms with Gasteiger partial charge in [-0.3, -0.25) is 9.69 Å². The number of para-hydroxylation sites is 1. The van der Waals surface area contributed by atoms with E-state index in [2.05, 4.69) is 24.1 Å². The summed E-state index contributed by atoms with van der Waals surface area (Å²) in [5, 5.41) is 3.57. The van der Waals surface area contributed by atoms with Crippen molar-refractivity contribution >= 4 is 22.4 Å². The number of rotatable bonds is 7. The third kappa shape index (κ3) is 4.33. The lowest BCUT2D eigenvalue weighted by Gasteiger charge is -2.25. The number of anilines is 1. The molecule has 0 aliphatic carbocycles. The number of amides is 1. The largest absolute Gasteiger partial charge is 0.496 e. The molecule has 0 radical (unpaired) electrons. The number of carbonyl (C=O) groups excluding carboxylic acids is 1. The zero-order chi connectivity index (χ0) is 17.7. The second-order valence-electron chi connectivity index (χ2n) is 5.76. The Morgan fingerprint density at radius 3 is 2.75 bits per heavy atom. The van der Waals surface area contributed by atoms with E-state index in [1.165, 1.54) is 11.3 Å². The first kappa shape index (κ1) is 18.4. The predicted octanol–water partition coefficient (Wildman–Crippen LogP) is 3.65. The van der Waals surface area contributed by atoms with Crippen LogP contribution in [0.2, 0.25) is 0 Å². The molecule has 0 saturated carbocycles. The van der Waals surface area contributed by atoms with Crippen LogP contribution in [0.15, 0.2) is 24.3 Å². The number of hydrogen-bond donors (Lipinski definition) is 1. The number of nitrogens with one attached hydrogen (secondary N) is 1. The van der Waals surface area contributed by atoms with Crippen LogP contribution in [0.1, 0.15) is 36.0 Å².